The van der Waals surface area contributed by atoms with Crippen molar-refractivity contribution in [3.8, 4) is 5.75 Å². The number of hydrogen-bond acceptors (Lipinski definition) is 4. The molecule has 1 heterocycles. The Morgan fingerprint density at radius 2 is 2.05 bits per heavy atom. The number of carbonyl (C=O) groups is 1. The van der Waals surface area contributed by atoms with Gasteiger partial charge in [0.25, 0.3) is 5.91 Å². The molecule has 1 aromatic carbocycles. The minimum absolute atomic E-state index is 0.0643. The van der Waals surface area contributed by atoms with Crippen LogP contribution in [0.15, 0.2) is 24.5 Å². The number of aryl methyl sites for hydroxylation is 1. The Morgan fingerprint density at radius 3 is 2.74 bits per heavy atom. The molecular formula is C12H9Cl2N3O2. The van der Waals surface area contributed by atoms with Gasteiger partial charge in [-0.25, -0.2) is 9.97 Å². The van der Waals surface area contributed by atoms with Gasteiger partial charge in [-0.2, -0.15) is 0 Å². The van der Waals surface area contributed by atoms with Crippen molar-refractivity contribution in [1.29, 1.82) is 0 Å². The highest BCUT2D eigenvalue weighted by Crippen LogP contribution is 2.26. The van der Waals surface area contributed by atoms with Gasteiger partial charge in [-0.3, -0.25) is 4.79 Å². The molecule has 0 unspecified atom stereocenters. The topological polar surface area (TPSA) is 75.1 Å². The lowest BCUT2D eigenvalue weighted by Crippen LogP contribution is -2.14. The number of aromatic hydroxyl groups is 1. The maximum Gasteiger partial charge on any atom is 0.257 e. The third-order valence-corrected chi connectivity index (χ3v) is 3.17. The molecule has 2 aromatic rings. The molecule has 0 aliphatic heterocycles. The molecule has 7 heteroatoms. The minimum Gasteiger partial charge on any atom is -0.508 e. The number of hydrogen-bond donors (Lipinski definition) is 2. The highest BCUT2D eigenvalue weighted by molar-refractivity contribution is 6.43. The van der Waals surface area contributed by atoms with Gasteiger partial charge in [-0.05, 0) is 30.7 Å². The molecule has 0 atom stereocenters. The number of nitrogens with one attached hydrogen (secondary N) is 1. The van der Waals surface area contributed by atoms with Gasteiger partial charge in [-0.15, -0.1) is 0 Å². The number of halogens is 2. The van der Waals surface area contributed by atoms with E-state index in [9.17, 15) is 9.90 Å². The van der Waals surface area contributed by atoms with Crippen LogP contribution in [0, 0.1) is 6.92 Å². The van der Waals surface area contributed by atoms with Gasteiger partial charge in [0.15, 0.2) is 11.0 Å². The number of nitrogens with zero attached hydrogens (tertiary/aromatic N) is 2. The Bertz CT molecular complexity index is 647. The summed E-state index contributed by atoms with van der Waals surface area (Å²) in [6, 6.07) is 4.43. The Kier molecular flexibility index (Phi) is 3.87. The third kappa shape index (κ3) is 2.94. The Labute approximate surface area is 119 Å². The van der Waals surface area contributed by atoms with Crippen molar-refractivity contribution < 1.29 is 9.90 Å². The van der Waals surface area contributed by atoms with E-state index >= 15 is 0 Å². The van der Waals surface area contributed by atoms with Gasteiger partial charge in [0.1, 0.15) is 17.1 Å². The molecule has 0 saturated heterocycles. The van der Waals surface area contributed by atoms with Crippen LogP contribution in [0.4, 0.5) is 5.82 Å². The van der Waals surface area contributed by atoms with E-state index in [1.807, 2.05) is 0 Å². The van der Waals surface area contributed by atoms with E-state index in [0.717, 1.165) is 0 Å². The monoisotopic (exact) mass is 297 g/mol. The van der Waals surface area contributed by atoms with Crippen LogP contribution < -0.4 is 5.32 Å². The van der Waals surface area contributed by atoms with Gasteiger partial charge in [0, 0.05) is 5.56 Å². The SMILES string of the molecule is Cc1cc(O)ccc1C(=O)Nc1ncnc(Cl)c1Cl. The summed E-state index contributed by atoms with van der Waals surface area (Å²) in [5.74, 6) is -0.162. The summed E-state index contributed by atoms with van der Waals surface area (Å²) in [7, 11) is 0. The zero-order valence-corrected chi connectivity index (χ0v) is 11.3. The van der Waals surface area contributed by atoms with E-state index in [0.29, 0.717) is 11.1 Å². The Morgan fingerprint density at radius 1 is 1.32 bits per heavy atom. The number of rotatable bonds is 2. The lowest BCUT2D eigenvalue weighted by Gasteiger charge is -2.08. The van der Waals surface area contributed by atoms with Crippen molar-refractivity contribution >= 4 is 34.9 Å². The number of carbonyl (C=O) groups excluding carboxylic acids is 1. The van der Waals surface area contributed by atoms with Crippen molar-refractivity contribution in [1.82, 2.24) is 9.97 Å². The number of phenols is 1. The standard InChI is InChI=1S/C12H9Cl2N3O2/c1-6-4-7(18)2-3-8(6)12(19)17-11-9(13)10(14)15-5-16-11/h2-5,18H,1H3,(H,15,16,17,19). The van der Waals surface area contributed by atoms with Gasteiger partial charge in [-0.1, -0.05) is 23.2 Å². The molecule has 0 fully saturated rings. The molecule has 0 saturated carbocycles. The predicted molar refractivity (Wildman–Crippen MR) is 72.8 cm³/mol. The first kappa shape index (κ1) is 13.6. The van der Waals surface area contributed by atoms with Crippen LogP contribution in [0.2, 0.25) is 10.2 Å². The fraction of sp³-hybridized carbons (Fsp3) is 0.0833. The van der Waals surface area contributed by atoms with Crippen LogP contribution >= 0.6 is 23.2 Å². The molecule has 1 aromatic heterocycles. The quantitative estimate of drug-likeness (QED) is 0.836. The molecule has 0 aliphatic rings. The molecule has 0 radical (unpaired) electrons. The van der Waals surface area contributed by atoms with Crippen LogP contribution in [-0.4, -0.2) is 21.0 Å². The maximum absolute atomic E-state index is 12.1. The second kappa shape index (κ2) is 5.42. The fourth-order valence-electron chi connectivity index (χ4n) is 1.51. The summed E-state index contributed by atoms with van der Waals surface area (Å²) < 4.78 is 0. The number of aromatic nitrogens is 2. The first-order valence-corrected chi connectivity index (χ1v) is 6.01. The lowest BCUT2D eigenvalue weighted by atomic mass is 10.1. The van der Waals surface area contributed by atoms with Crippen molar-refractivity contribution in [3.05, 3.63) is 45.8 Å². The summed E-state index contributed by atoms with van der Waals surface area (Å²) in [6.07, 6.45) is 1.20. The first-order chi connectivity index (χ1) is 8.99. The van der Waals surface area contributed by atoms with E-state index < -0.39 is 5.91 Å². The van der Waals surface area contributed by atoms with Crippen LogP contribution in [0.25, 0.3) is 0 Å². The maximum atomic E-state index is 12.1. The third-order valence-electron chi connectivity index (χ3n) is 2.43. The summed E-state index contributed by atoms with van der Waals surface area (Å²) in [6.45, 7) is 1.71. The molecule has 98 valence electrons. The van der Waals surface area contributed by atoms with Crippen molar-refractivity contribution in [2.24, 2.45) is 0 Å². The first-order valence-electron chi connectivity index (χ1n) is 5.26. The minimum atomic E-state index is -0.394. The lowest BCUT2D eigenvalue weighted by molar-refractivity contribution is 0.102. The molecule has 5 nitrogen and oxygen atoms in total. The summed E-state index contributed by atoms with van der Waals surface area (Å²) in [5, 5.41) is 12.0. The number of amides is 1. The average Bonchev–Trinajstić information content (AvgIpc) is 2.34. The summed E-state index contributed by atoms with van der Waals surface area (Å²) in [4.78, 5) is 19.6. The zero-order chi connectivity index (χ0) is 14.0. The van der Waals surface area contributed by atoms with Gasteiger partial charge < -0.3 is 10.4 Å². The molecule has 2 N–H and O–H groups in total. The smallest absolute Gasteiger partial charge is 0.257 e. The van der Waals surface area contributed by atoms with Gasteiger partial charge in [0.2, 0.25) is 0 Å². The number of anilines is 1. The van der Waals surface area contributed by atoms with E-state index in [1.54, 1.807) is 6.92 Å². The van der Waals surface area contributed by atoms with E-state index in [1.165, 1.54) is 24.5 Å². The normalized spacial score (nSPS) is 10.3. The summed E-state index contributed by atoms with van der Waals surface area (Å²) >= 11 is 11.6. The Hall–Kier alpha value is -1.85. The molecule has 0 aliphatic carbocycles. The van der Waals surface area contributed by atoms with Crippen molar-refractivity contribution in [2.45, 2.75) is 6.92 Å². The Balaban J connectivity index is 2.28. The predicted octanol–water partition coefficient (Wildman–Crippen LogP) is 3.05. The molecule has 19 heavy (non-hydrogen) atoms. The van der Waals surface area contributed by atoms with Crippen LogP contribution in [0.5, 0.6) is 5.75 Å². The molecule has 0 bridgehead atoms. The average molecular weight is 298 g/mol. The number of benzene rings is 1. The zero-order valence-electron chi connectivity index (χ0n) is 9.82. The molecule has 0 spiro atoms. The van der Waals surface area contributed by atoms with Crippen LogP contribution in [0.3, 0.4) is 0 Å². The van der Waals surface area contributed by atoms with E-state index in [2.05, 4.69) is 15.3 Å². The van der Waals surface area contributed by atoms with Crippen molar-refractivity contribution in [3.63, 3.8) is 0 Å². The second-order valence-corrected chi connectivity index (χ2v) is 4.52. The fourth-order valence-corrected chi connectivity index (χ4v) is 1.79. The highest BCUT2D eigenvalue weighted by atomic mass is 35.5. The molecule has 2 rings (SSSR count). The van der Waals surface area contributed by atoms with Crippen LogP contribution in [0.1, 0.15) is 15.9 Å². The second-order valence-electron chi connectivity index (χ2n) is 3.78. The largest absolute Gasteiger partial charge is 0.508 e. The molecular weight excluding hydrogens is 289 g/mol. The van der Waals surface area contributed by atoms with E-state index in [-0.39, 0.29) is 21.7 Å². The highest BCUT2D eigenvalue weighted by Gasteiger charge is 2.14. The van der Waals surface area contributed by atoms with Crippen LogP contribution in [-0.2, 0) is 0 Å². The molecule has 1 amide bonds. The number of phenolic OH excluding ortho intramolecular Hbond substituents is 1. The van der Waals surface area contributed by atoms with Gasteiger partial charge >= 0.3 is 0 Å². The van der Waals surface area contributed by atoms with E-state index in [4.69, 9.17) is 23.2 Å². The van der Waals surface area contributed by atoms with Crippen molar-refractivity contribution in [2.75, 3.05) is 5.32 Å². The summed E-state index contributed by atoms with van der Waals surface area (Å²) in [5.41, 5.74) is 1.04. The van der Waals surface area contributed by atoms with Gasteiger partial charge in [0.05, 0.1) is 0 Å².